The van der Waals surface area contributed by atoms with E-state index in [1.807, 2.05) is 0 Å². The molecule has 134 valence electrons. The molecule has 0 fully saturated rings. The van der Waals surface area contributed by atoms with E-state index in [4.69, 9.17) is 9.26 Å². The summed E-state index contributed by atoms with van der Waals surface area (Å²) >= 11 is 0. The number of aromatic nitrogens is 2. The molecule has 0 aliphatic heterocycles. The van der Waals surface area contributed by atoms with Crippen molar-refractivity contribution in [1.29, 1.82) is 0 Å². The molecule has 7 nitrogen and oxygen atoms in total. The maximum absolute atomic E-state index is 12.5. The molecule has 2 aromatic heterocycles. The number of pyridine rings is 1. The van der Waals surface area contributed by atoms with Crippen molar-refractivity contribution in [3.63, 3.8) is 0 Å². The van der Waals surface area contributed by atoms with Crippen LogP contribution in [0.15, 0.2) is 53.3 Å². The quantitative estimate of drug-likeness (QED) is 0.707. The van der Waals surface area contributed by atoms with Crippen LogP contribution >= 0.6 is 0 Å². The number of hydrogen-bond donors (Lipinski definition) is 2. The Bertz CT molecular complexity index is 874. The maximum Gasteiger partial charge on any atom is 0.290 e. The molecule has 3 aromatic rings. The number of aliphatic hydroxyl groups is 1. The molecular weight excluding hydrogens is 334 g/mol. The minimum atomic E-state index is -0.917. The number of amides is 1. The molecule has 2 N–H and O–H groups in total. The molecule has 7 heteroatoms. The SMILES string of the molecule is COc1ccc(-c2noc(C(=O)NCc3ccncc3)c2[C@H](C)O)cc1. The number of aliphatic hydroxyl groups excluding tert-OH is 1. The minimum Gasteiger partial charge on any atom is -0.497 e. The Labute approximate surface area is 150 Å². The first-order valence-corrected chi connectivity index (χ1v) is 8.09. The fraction of sp³-hybridized carbons (Fsp3) is 0.211. The van der Waals surface area contributed by atoms with Crippen molar-refractivity contribution in [3.05, 3.63) is 65.7 Å². The summed E-state index contributed by atoms with van der Waals surface area (Å²) in [5.74, 6) is 0.260. The maximum atomic E-state index is 12.5. The molecule has 0 spiro atoms. The number of rotatable bonds is 6. The molecular formula is C19H19N3O4. The zero-order valence-electron chi connectivity index (χ0n) is 14.5. The third kappa shape index (κ3) is 3.73. The second-order valence-electron chi connectivity index (χ2n) is 5.72. The van der Waals surface area contributed by atoms with E-state index in [0.717, 1.165) is 11.1 Å². The summed E-state index contributed by atoms with van der Waals surface area (Å²) in [6.07, 6.45) is 2.39. The monoisotopic (exact) mass is 353 g/mol. The van der Waals surface area contributed by atoms with Gasteiger partial charge in [0.25, 0.3) is 5.91 Å². The molecule has 0 radical (unpaired) electrons. The van der Waals surface area contributed by atoms with Crippen LogP contribution in [0.3, 0.4) is 0 Å². The summed E-state index contributed by atoms with van der Waals surface area (Å²) in [5, 5.41) is 16.9. The Balaban J connectivity index is 1.85. The first-order valence-electron chi connectivity index (χ1n) is 8.09. The number of hydrogen-bond acceptors (Lipinski definition) is 6. The Hall–Kier alpha value is -3.19. The van der Waals surface area contributed by atoms with E-state index in [1.54, 1.807) is 62.8 Å². The Morgan fingerprint density at radius 1 is 1.23 bits per heavy atom. The summed E-state index contributed by atoms with van der Waals surface area (Å²) in [6, 6.07) is 10.7. The van der Waals surface area contributed by atoms with E-state index >= 15 is 0 Å². The van der Waals surface area contributed by atoms with Crippen LogP contribution in [-0.4, -0.2) is 28.3 Å². The van der Waals surface area contributed by atoms with E-state index in [-0.39, 0.29) is 5.76 Å². The van der Waals surface area contributed by atoms with Crippen molar-refractivity contribution < 1.29 is 19.2 Å². The molecule has 1 atom stereocenters. The molecule has 0 aliphatic rings. The average molecular weight is 353 g/mol. The van der Waals surface area contributed by atoms with E-state index in [1.165, 1.54) is 0 Å². The van der Waals surface area contributed by atoms with Gasteiger partial charge in [-0.25, -0.2) is 0 Å². The molecule has 3 rings (SSSR count). The summed E-state index contributed by atoms with van der Waals surface area (Å²) in [6.45, 7) is 1.89. The van der Waals surface area contributed by atoms with Gasteiger partial charge in [-0.3, -0.25) is 9.78 Å². The third-order valence-corrected chi connectivity index (χ3v) is 3.92. The summed E-state index contributed by atoms with van der Waals surface area (Å²) in [7, 11) is 1.58. The van der Waals surface area contributed by atoms with E-state index in [2.05, 4.69) is 15.5 Å². The van der Waals surface area contributed by atoms with Crippen molar-refractivity contribution >= 4 is 5.91 Å². The van der Waals surface area contributed by atoms with Crippen LogP contribution in [0.5, 0.6) is 5.75 Å². The zero-order chi connectivity index (χ0) is 18.5. The van der Waals surface area contributed by atoms with Crippen molar-refractivity contribution in [3.8, 4) is 17.0 Å². The second-order valence-corrected chi connectivity index (χ2v) is 5.72. The van der Waals surface area contributed by atoms with Crippen LogP contribution in [0, 0.1) is 0 Å². The highest BCUT2D eigenvalue weighted by molar-refractivity contribution is 5.94. The first-order chi connectivity index (χ1) is 12.6. The lowest BCUT2D eigenvalue weighted by molar-refractivity contribution is 0.0905. The van der Waals surface area contributed by atoms with Crippen molar-refractivity contribution in [2.24, 2.45) is 0 Å². The second kappa shape index (κ2) is 7.79. The van der Waals surface area contributed by atoms with Gasteiger partial charge in [-0.05, 0) is 48.9 Å². The number of methoxy groups -OCH3 is 1. The van der Waals surface area contributed by atoms with Crippen LogP contribution in [0.2, 0.25) is 0 Å². The van der Waals surface area contributed by atoms with E-state index in [0.29, 0.717) is 23.6 Å². The topological polar surface area (TPSA) is 97.5 Å². The molecule has 0 saturated carbocycles. The van der Waals surface area contributed by atoms with Gasteiger partial charge in [0.05, 0.1) is 18.8 Å². The molecule has 1 aromatic carbocycles. The smallest absolute Gasteiger partial charge is 0.290 e. The Kier molecular flexibility index (Phi) is 5.28. The lowest BCUT2D eigenvalue weighted by atomic mass is 10.0. The Morgan fingerprint density at radius 2 is 1.92 bits per heavy atom. The fourth-order valence-electron chi connectivity index (χ4n) is 2.57. The predicted molar refractivity (Wildman–Crippen MR) is 94.5 cm³/mol. The standard InChI is InChI=1S/C19H19N3O4/c1-12(23)16-17(14-3-5-15(25-2)6-4-14)22-26-18(16)19(24)21-11-13-7-9-20-10-8-13/h3-10,12,23H,11H2,1-2H3,(H,21,24)/t12-/m0/s1. The number of benzene rings is 1. The van der Waals surface area contributed by atoms with Crippen LogP contribution in [0.25, 0.3) is 11.3 Å². The van der Waals surface area contributed by atoms with Gasteiger partial charge in [0.2, 0.25) is 5.76 Å². The first kappa shape index (κ1) is 17.6. The molecule has 26 heavy (non-hydrogen) atoms. The fourth-order valence-corrected chi connectivity index (χ4v) is 2.57. The van der Waals surface area contributed by atoms with Crippen LogP contribution in [0.1, 0.15) is 34.7 Å². The van der Waals surface area contributed by atoms with Crippen LogP contribution in [0.4, 0.5) is 0 Å². The highest BCUT2D eigenvalue weighted by Gasteiger charge is 2.26. The molecule has 0 bridgehead atoms. The van der Waals surface area contributed by atoms with Crippen molar-refractivity contribution in [1.82, 2.24) is 15.5 Å². The largest absolute Gasteiger partial charge is 0.497 e. The van der Waals surface area contributed by atoms with Crippen molar-refractivity contribution in [2.75, 3.05) is 7.11 Å². The van der Waals surface area contributed by atoms with Gasteiger partial charge in [-0.1, -0.05) is 5.16 Å². The molecule has 0 saturated heterocycles. The van der Waals surface area contributed by atoms with Gasteiger partial charge >= 0.3 is 0 Å². The molecule has 0 aliphatic carbocycles. The average Bonchev–Trinajstić information content (AvgIpc) is 3.12. The normalized spacial score (nSPS) is 11.8. The summed E-state index contributed by atoms with van der Waals surface area (Å²) in [4.78, 5) is 16.4. The number of carbonyl (C=O) groups is 1. The van der Waals surface area contributed by atoms with Gasteiger partial charge in [-0.15, -0.1) is 0 Å². The highest BCUT2D eigenvalue weighted by Crippen LogP contribution is 2.31. The minimum absolute atomic E-state index is 0.000117. The van der Waals surface area contributed by atoms with Crippen LogP contribution < -0.4 is 10.1 Å². The predicted octanol–water partition coefficient (Wildman–Crippen LogP) is 2.73. The van der Waals surface area contributed by atoms with Gasteiger partial charge in [-0.2, -0.15) is 0 Å². The van der Waals surface area contributed by atoms with Gasteiger partial charge in [0, 0.05) is 24.5 Å². The zero-order valence-corrected chi connectivity index (χ0v) is 14.5. The van der Waals surface area contributed by atoms with Crippen molar-refractivity contribution in [2.45, 2.75) is 19.6 Å². The number of nitrogens with one attached hydrogen (secondary N) is 1. The number of carbonyl (C=O) groups excluding carboxylic acids is 1. The summed E-state index contributed by atoms with van der Waals surface area (Å²) < 4.78 is 10.4. The molecule has 0 unspecified atom stereocenters. The third-order valence-electron chi connectivity index (χ3n) is 3.92. The summed E-state index contributed by atoms with van der Waals surface area (Å²) in [5.41, 5.74) is 2.40. The molecule has 2 heterocycles. The molecule has 1 amide bonds. The van der Waals surface area contributed by atoms with E-state index in [9.17, 15) is 9.90 Å². The number of ether oxygens (including phenoxy) is 1. The lowest BCUT2D eigenvalue weighted by Gasteiger charge is -2.08. The highest BCUT2D eigenvalue weighted by atomic mass is 16.5. The van der Waals surface area contributed by atoms with Gasteiger partial charge in [0.15, 0.2) is 0 Å². The van der Waals surface area contributed by atoms with E-state index < -0.39 is 12.0 Å². The van der Waals surface area contributed by atoms with Crippen LogP contribution in [-0.2, 0) is 6.54 Å². The number of nitrogens with zero attached hydrogens (tertiary/aromatic N) is 2. The Morgan fingerprint density at radius 3 is 2.54 bits per heavy atom. The lowest BCUT2D eigenvalue weighted by Crippen LogP contribution is -2.23. The van der Waals surface area contributed by atoms with Gasteiger partial charge in [0.1, 0.15) is 11.4 Å². The van der Waals surface area contributed by atoms with Gasteiger partial charge < -0.3 is 19.7 Å².